The molecule has 0 aliphatic heterocycles. The molecule has 0 saturated heterocycles. The molecular weight excluding hydrogens is 288 g/mol. The van der Waals surface area contributed by atoms with E-state index in [4.69, 9.17) is 4.74 Å². The Kier molecular flexibility index (Phi) is 4.32. The van der Waals surface area contributed by atoms with E-state index in [1.807, 2.05) is 0 Å². The number of ether oxygens (including phenoxy) is 1. The smallest absolute Gasteiger partial charge is 0.329 e. The third kappa shape index (κ3) is 2.31. The summed E-state index contributed by atoms with van der Waals surface area (Å²) in [4.78, 5) is 12.6. The van der Waals surface area contributed by atoms with Crippen molar-refractivity contribution in [1.82, 2.24) is 0 Å². The van der Waals surface area contributed by atoms with Crippen molar-refractivity contribution in [3.8, 4) is 0 Å². The minimum Gasteiger partial charge on any atom is -0.465 e. The maximum atomic E-state index is 13.1. The van der Waals surface area contributed by atoms with Gasteiger partial charge in [0, 0.05) is 5.92 Å². The lowest BCUT2D eigenvalue weighted by Gasteiger charge is -2.31. The average Bonchev–Trinajstić information content (AvgIpc) is 2.94. The predicted molar refractivity (Wildman–Crippen MR) is 80.4 cm³/mol. The lowest BCUT2D eigenvalue weighted by atomic mass is 9.94. The van der Waals surface area contributed by atoms with Crippen molar-refractivity contribution in [3.05, 3.63) is 55.1 Å². The quantitative estimate of drug-likeness (QED) is 0.619. The highest BCUT2D eigenvalue weighted by molar-refractivity contribution is 7.93. The summed E-state index contributed by atoms with van der Waals surface area (Å²) in [5.41, 5.74) is 0. The second kappa shape index (κ2) is 5.85. The zero-order valence-electron chi connectivity index (χ0n) is 11.9. The highest BCUT2D eigenvalue weighted by atomic mass is 32.2. The predicted octanol–water partition coefficient (Wildman–Crippen LogP) is 2.52. The van der Waals surface area contributed by atoms with Crippen LogP contribution in [0.5, 0.6) is 0 Å². The second-order valence-electron chi connectivity index (χ2n) is 4.82. The molecule has 4 nitrogen and oxygen atoms in total. The van der Waals surface area contributed by atoms with Crippen LogP contribution in [-0.2, 0) is 19.4 Å². The van der Waals surface area contributed by atoms with Crippen molar-refractivity contribution in [3.63, 3.8) is 0 Å². The van der Waals surface area contributed by atoms with Gasteiger partial charge in [-0.25, -0.2) is 8.42 Å². The number of hydrogen-bond donors (Lipinski definition) is 0. The van der Waals surface area contributed by atoms with Gasteiger partial charge in [0.15, 0.2) is 14.6 Å². The van der Waals surface area contributed by atoms with Crippen LogP contribution in [0.25, 0.3) is 0 Å². The molecule has 5 heteroatoms. The van der Waals surface area contributed by atoms with Crippen LogP contribution in [0.2, 0.25) is 0 Å². The molecule has 1 aliphatic rings. The molecule has 0 radical (unpaired) electrons. The molecule has 0 amide bonds. The average molecular weight is 306 g/mol. The van der Waals surface area contributed by atoms with E-state index in [-0.39, 0.29) is 17.9 Å². The van der Waals surface area contributed by atoms with E-state index in [1.54, 1.807) is 37.3 Å². The number of esters is 1. The summed E-state index contributed by atoms with van der Waals surface area (Å²) < 4.78 is 29.5. The fourth-order valence-corrected chi connectivity index (χ4v) is 4.69. The molecule has 21 heavy (non-hydrogen) atoms. The highest BCUT2D eigenvalue weighted by Crippen LogP contribution is 2.42. The van der Waals surface area contributed by atoms with Gasteiger partial charge in [-0.05, 0) is 25.5 Å². The minimum absolute atomic E-state index is 0.0970. The molecule has 1 aromatic rings. The SMILES string of the molecule is C=CC1C=CCC1(C(=O)OCC)S(=O)(=O)c1ccccc1. The van der Waals surface area contributed by atoms with Crippen molar-refractivity contribution in [2.75, 3.05) is 6.61 Å². The molecule has 112 valence electrons. The normalized spacial score (nSPS) is 24.7. The summed E-state index contributed by atoms with van der Waals surface area (Å²) in [6.45, 7) is 5.46. The van der Waals surface area contributed by atoms with Crippen LogP contribution in [0.4, 0.5) is 0 Å². The largest absolute Gasteiger partial charge is 0.465 e. The van der Waals surface area contributed by atoms with Crippen LogP contribution >= 0.6 is 0 Å². The molecule has 2 unspecified atom stereocenters. The topological polar surface area (TPSA) is 60.4 Å². The Labute approximate surface area is 125 Å². The number of sulfone groups is 1. The van der Waals surface area contributed by atoms with Gasteiger partial charge in [-0.1, -0.05) is 36.4 Å². The molecule has 1 aromatic carbocycles. The molecule has 0 N–H and O–H groups in total. The van der Waals surface area contributed by atoms with Crippen LogP contribution in [0, 0.1) is 5.92 Å². The number of carbonyl (C=O) groups excluding carboxylic acids is 1. The van der Waals surface area contributed by atoms with Gasteiger partial charge < -0.3 is 4.74 Å². The van der Waals surface area contributed by atoms with Gasteiger partial charge in [0.1, 0.15) is 0 Å². The third-order valence-corrected chi connectivity index (χ3v) is 6.17. The highest BCUT2D eigenvalue weighted by Gasteiger charge is 2.57. The Bertz CT molecular complexity index is 661. The summed E-state index contributed by atoms with van der Waals surface area (Å²) >= 11 is 0. The van der Waals surface area contributed by atoms with E-state index in [2.05, 4.69) is 6.58 Å². The lowest BCUT2D eigenvalue weighted by Crippen LogP contribution is -2.50. The lowest BCUT2D eigenvalue weighted by molar-refractivity contribution is -0.146. The molecule has 0 spiro atoms. The van der Waals surface area contributed by atoms with Gasteiger partial charge in [-0.2, -0.15) is 0 Å². The number of benzene rings is 1. The molecule has 2 atom stereocenters. The van der Waals surface area contributed by atoms with E-state index >= 15 is 0 Å². The van der Waals surface area contributed by atoms with Gasteiger partial charge in [-0.3, -0.25) is 4.79 Å². The van der Waals surface area contributed by atoms with Crippen LogP contribution in [-0.4, -0.2) is 25.7 Å². The van der Waals surface area contributed by atoms with Gasteiger partial charge in [0.05, 0.1) is 11.5 Å². The molecule has 0 bridgehead atoms. The molecule has 0 heterocycles. The molecule has 0 saturated carbocycles. The Morgan fingerprint density at radius 1 is 1.43 bits per heavy atom. The number of allylic oxidation sites excluding steroid dienone is 3. The summed E-state index contributed by atoms with van der Waals surface area (Å²) in [7, 11) is -3.89. The van der Waals surface area contributed by atoms with Gasteiger partial charge in [0.2, 0.25) is 0 Å². The first-order chi connectivity index (χ1) is 10.0. The fourth-order valence-electron chi connectivity index (χ4n) is 2.63. The third-order valence-electron chi connectivity index (χ3n) is 3.71. The van der Waals surface area contributed by atoms with Crippen molar-refractivity contribution >= 4 is 15.8 Å². The van der Waals surface area contributed by atoms with Gasteiger partial charge >= 0.3 is 5.97 Å². The Balaban J connectivity index is 2.61. The van der Waals surface area contributed by atoms with E-state index in [9.17, 15) is 13.2 Å². The molecule has 1 aliphatic carbocycles. The first-order valence-electron chi connectivity index (χ1n) is 6.77. The van der Waals surface area contributed by atoms with Crippen molar-refractivity contribution in [1.29, 1.82) is 0 Å². The second-order valence-corrected chi connectivity index (χ2v) is 7.03. The Morgan fingerprint density at radius 3 is 2.67 bits per heavy atom. The van der Waals surface area contributed by atoms with E-state index < -0.39 is 26.5 Å². The zero-order chi connectivity index (χ0) is 15.5. The van der Waals surface area contributed by atoms with Crippen LogP contribution < -0.4 is 0 Å². The number of hydrogen-bond acceptors (Lipinski definition) is 4. The van der Waals surface area contributed by atoms with Crippen molar-refractivity contribution in [2.45, 2.75) is 23.0 Å². The van der Waals surface area contributed by atoms with E-state index in [1.165, 1.54) is 18.2 Å². The molecule has 2 rings (SSSR count). The van der Waals surface area contributed by atoms with Crippen molar-refractivity contribution in [2.24, 2.45) is 5.92 Å². The number of carbonyl (C=O) groups is 1. The summed E-state index contributed by atoms with van der Waals surface area (Å²) in [5, 5.41) is 0. The summed E-state index contributed by atoms with van der Waals surface area (Å²) in [5.74, 6) is -1.31. The molecule has 0 aromatic heterocycles. The first kappa shape index (κ1) is 15.5. The maximum Gasteiger partial charge on any atom is 0.329 e. The van der Waals surface area contributed by atoms with Crippen LogP contribution in [0.15, 0.2) is 60.0 Å². The Hall–Kier alpha value is -1.88. The van der Waals surface area contributed by atoms with E-state index in [0.29, 0.717) is 0 Å². The minimum atomic E-state index is -3.89. The molecular formula is C16H18O4S. The maximum absolute atomic E-state index is 13.1. The summed E-state index contributed by atoms with van der Waals surface area (Å²) in [6, 6.07) is 7.99. The van der Waals surface area contributed by atoms with Crippen LogP contribution in [0.1, 0.15) is 13.3 Å². The van der Waals surface area contributed by atoms with Crippen LogP contribution in [0.3, 0.4) is 0 Å². The molecule has 0 fully saturated rings. The fraction of sp³-hybridized carbons (Fsp3) is 0.312. The van der Waals surface area contributed by atoms with Crippen molar-refractivity contribution < 1.29 is 17.9 Å². The van der Waals surface area contributed by atoms with Gasteiger partial charge in [-0.15, -0.1) is 6.58 Å². The number of rotatable bonds is 5. The van der Waals surface area contributed by atoms with E-state index in [0.717, 1.165) is 0 Å². The Morgan fingerprint density at radius 2 is 2.10 bits per heavy atom. The monoisotopic (exact) mass is 306 g/mol. The first-order valence-corrected chi connectivity index (χ1v) is 8.25. The zero-order valence-corrected chi connectivity index (χ0v) is 12.7. The van der Waals surface area contributed by atoms with Gasteiger partial charge in [0.25, 0.3) is 0 Å². The standard InChI is InChI=1S/C16H18O4S/c1-3-13-9-8-12-16(13,15(17)20-4-2)21(18,19)14-10-6-5-7-11-14/h3,5-11,13H,1,4,12H2,2H3. The summed E-state index contributed by atoms with van der Waals surface area (Å²) in [6.07, 6.45) is 4.98.